The van der Waals surface area contributed by atoms with Gasteiger partial charge in [0.15, 0.2) is 5.78 Å². The van der Waals surface area contributed by atoms with Gasteiger partial charge in [0.2, 0.25) is 0 Å². The van der Waals surface area contributed by atoms with Gasteiger partial charge in [0.25, 0.3) is 0 Å². The molecule has 2 aromatic rings. The molecule has 3 nitrogen and oxygen atoms in total. The molecule has 0 N–H and O–H groups in total. The van der Waals surface area contributed by atoms with Crippen LogP contribution in [0.3, 0.4) is 0 Å². The summed E-state index contributed by atoms with van der Waals surface area (Å²) >= 11 is 0. The van der Waals surface area contributed by atoms with Gasteiger partial charge in [0.1, 0.15) is 5.82 Å². The Morgan fingerprint density at radius 2 is 2.22 bits per heavy atom. The topological polar surface area (TPSA) is 34.9 Å². The van der Waals surface area contributed by atoms with E-state index in [1.165, 1.54) is 6.07 Å². The lowest BCUT2D eigenvalue weighted by Gasteiger charge is -2.03. The fourth-order valence-corrected chi connectivity index (χ4v) is 1.85. The third kappa shape index (κ3) is 2.83. The van der Waals surface area contributed by atoms with Crippen LogP contribution in [0.1, 0.15) is 27.9 Å². The van der Waals surface area contributed by atoms with E-state index in [1.54, 1.807) is 23.0 Å². The number of Topliss-reactive ketones (excluding diaryl/α,β-unsaturated/α-hetero) is 1. The van der Waals surface area contributed by atoms with Crippen LogP contribution in [0.25, 0.3) is 0 Å². The van der Waals surface area contributed by atoms with E-state index in [-0.39, 0.29) is 11.3 Å². The number of aryl methyl sites for hydroxylation is 3. The first-order valence-corrected chi connectivity index (χ1v) is 5.83. The van der Waals surface area contributed by atoms with Crippen LogP contribution >= 0.6 is 0 Å². The average Bonchev–Trinajstić information content (AvgIpc) is 2.75. The Balaban J connectivity index is 2.05. The van der Waals surface area contributed by atoms with Crippen LogP contribution in [-0.4, -0.2) is 15.6 Å². The van der Waals surface area contributed by atoms with Crippen LogP contribution in [0.15, 0.2) is 30.6 Å². The second-order valence-electron chi connectivity index (χ2n) is 4.43. The fourth-order valence-electron chi connectivity index (χ4n) is 1.85. The lowest BCUT2D eigenvalue weighted by atomic mass is 10.0. The molecule has 1 heterocycles. The highest BCUT2D eigenvalue weighted by molar-refractivity contribution is 5.96. The van der Waals surface area contributed by atoms with Crippen molar-refractivity contribution in [2.75, 3.05) is 0 Å². The molecule has 0 radical (unpaired) electrons. The van der Waals surface area contributed by atoms with Crippen molar-refractivity contribution in [1.29, 1.82) is 0 Å². The highest BCUT2D eigenvalue weighted by Gasteiger charge is 2.12. The van der Waals surface area contributed by atoms with Gasteiger partial charge >= 0.3 is 0 Å². The highest BCUT2D eigenvalue weighted by atomic mass is 19.1. The van der Waals surface area contributed by atoms with Gasteiger partial charge in [-0.3, -0.25) is 9.48 Å². The van der Waals surface area contributed by atoms with E-state index in [4.69, 9.17) is 0 Å². The van der Waals surface area contributed by atoms with Crippen molar-refractivity contribution >= 4 is 5.78 Å². The van der Waals surface area contributed by atoms with E-state index >= 15 is 0 Å². The molecule has 0 saturated heterocycles. The van der Waals surface area contributed by atoms with E-state index in [1.807, 2.05) is 20.2 Å². The van der Waals surface area contributed by atoms with Gasteiger partial charge in [-0.15, -0.1) is 0 Å². The van der Waals surface area contributed by atoms with Crippen molar-refractivity contribution in [3.8, 4) is 0 Å². The molecule has 0 aliphatic carbocycles. The number of ketones is 1. The molecule has 0 aliphatic rings. The molecule has 0 aliphatic heterocycles. The molecule has 0 bridgehead atoms. The maximum absolute atomic E-state index is 13.5. The summed E-state index contributed by atoms with van der Waals surface area (Å²) in [6.07, 6.45) is 4.46. The maximum atomic E-state index is 13.5. The minimum atomic E-state index is -0.447. The van der Waals surface area contributed by atoms with E-state index in [0.29, 0.717) is 12.8 Å². The van der Waals surface area contributed by atoms with Gasteiger partial charge in [0, 0.05) is 19.7 Å². The highest BCUT2D eigenvalue weighted by Crippen LogP contribution is 2.14. The molecule has 0 spiro atoms. The Morgan fingerprint density at radius 1 is 1.44 bits per heavy atom. The van der Waals surface area contributed by atoms with Crippen molar-refractivity contribution in [2.24, 2.45) is 7.05 Å². The lowest BCUT2D eigenvalue weighted by molar-refractivity contribution is 0.0979. The third-order valence-corrected chi connectivity index (χ3v) is 2.82. The lowest BCUT2D eigenvalue weighted by Crippen LogP contribution is -2.04. The first kappa shape index (κ1) is 12.5. The average molecular weight is 246 g/mol. The Hall–Kier alpha value is -1.97. The van der Waals surface area contributed by atoms with Gasteiger partial charge in [0.05, 0.1) is 11.8 Å². The molecule has 2 rings (SSSR count). The Morgan fingerprint density at radius 3 is 2.89 bits per heavy atom. The van der Waals surface area contributed by atoms with Crippen molar-refractivity contribution in [3.05, 3.63) is 53.1 Å². The normalized spacial score (nSPS) is 10.6. The van der Waals surface area contributed by atoms with Gasteiger partial charge in [-0.05, 0) is 31.0 Å². The standard InChI is InChI=1S/C14H15FN2O/c1-10-3-5-13(15)12(7-10)14(18)6-4-11-8-16-17(2)9-11/h3,5,7-9H,4,6H2,1-2H3. The van der Waals surface area contributed by atoms with Crippen LogP contribution in [0, 0.1) is 12.7 Å². The van der Waals surface area contributed by atoms with E-state index < -0.39 is 5.82 Å². The molecule has 0 saturated carbocycles. The van der Waals surface area contributed by atoms with Crippen LogP contribution in [0.2, 0.25) is 0 Å². The summed E-state index contributed by atoms with van der Waals surface area (Å²) in [4.78, 5) is 11.9. The van der Waals surface area contributed by atoms with E-state index in [9.17, 15) is 9.18 Å². The molecule has 94 valence electrons. The largest absolute Gasteiger partial charge is 0.294 e. The zero-order chi connectivity index (χ0) is 13.1. The molecule has 0 atom stereocenters. The number of hydrogen-bond donors (Lipinski definition) is 0. The van der Waals surface area contributed by atoms with Crippen LogP contribution < -0.4 is 0 Å². The maximum Gasteiger partial charge on any atom is 0.166 e. The van der Waals surface area contributed by atoms with Gasteiger partial charge in [-0.1, -0.05) is 11.6 Å². The second kappa shape index (κ2) is 5.12. The summed E-state index contributed by atoms with van der Waals surface area (Å²) in [6.45, 7) is 1.84. The molecule has 4 heteroatoms. The van der Waals surface area contributed by atoms with Gasteiger partial charge < -0.3 is 0 Å². The molecule has 0 amide bonds. The molecule has 1 aromatic carbocycles. The van der Waals surface area contributed by atoms with Crippen LogP contribution in [-0.2, 0) is 13.5 Å². The zero-order valence-electron chi connectivity index (χ0n) is 10.5. The van der Waals surface area contributed by atoms with Crippen molar-refractivity contribution in [2.45, 2.75) is 19.8 Å². The minimum Gasteiger partial charge on any atom is -0.294 e. The zero-order valence-corrected chi connectivity index (χ0v) is 10.5. The number of rotatable bonds is 4. The number of benzene rings is 1. The van der Waals surface area contributed by atoms with Crippen molar-refractivity contribution in [3.63, 3.8) is 0 Å². The SMILES string of the molecule is Cc1ccc(F)c(C(=O)CCc2cnn(C)c2)c1. The van der Waals surface area contributed by atoms with Crippen LogP contribution in [0.4, 0.5) is 4.39 Å². The quantitative estimate of drug-likeness (QED) is 0.777. The van der Waals surface area contributed by atoms with Gasteiger partial charge in [-0.25, -0.2) is 4.39 Å². The predicted octanol–water partition coefficient (Wildman–Crippen LogP) is 2.68. The number of hydrogen-bond acceptors (Lipinski definition) is 2. The molecule has 18 heavy (non-hydrogen) atoms. The number of halogens is 1. The summed E-state index contributed by atoms with van der Waals surface area (Å²) in [7, 11) is 1.82. The van der Waals surface area contributed by atoms with Crippen molar-refractivity contribution in [1.82, 2.24) is 9.78 Å². The number of carbonyl (C=O) groups is 1. The summed E-state index contributed by atoms with van der Waals surface area (Å²) in [5.41, 5.74) is 2.05. The summed E-state index contributed by atoms with van der Waals surface area (Å²) in [5.74, 6) is -0.614. The van der Waals surface area contributed by atoms with E-state index in [0.717, 1.165) is 11.1 Å². The molecular weight excluding hydrogens is 231 g/mol. The number of nitrogens with zero attached hydrogens (tertiary/aromatic N) is 2. The summed E-state index contributed by atoms with van der Waals surface area (Å²) in [5, 5.41) is 4.03. The fraction of sp³-hybridized carbons (Fsp3) is 0.286. The Kier molecular flexibility index (Phi) is 3.55. The molecule has 0 unspecified atom stereocenters. The van der Waals surface area contributed by atoms with E-state index in [2.05, 4.69) is 5.10 Å². The first-order chi connectivity index (χ1) is 8.56. The Labute approximate surface area is 105 Å². The number of carbonyl (C=O) groups excluding carboxylic acids is 1. The van der Waals surface area contributed by atoms with Gasteiger partial charge in [-0.2, -0.15) is 5.10 Å². The Bertz CT molecular complexity index is 575. The molecule has 0 fully saturated rings. The third-order valence-electron chi connectivity index (χ3n) is 2.82. The molecular formula is C14H15FN2O. The number of aromatic nitrogens is 2. The second-order valence-corrected chi connectivity index (χ2v) is 4.43. The molecule has 1 aromatic heterocycles. The summed E-state index contributed by atoms with van der Waals surface area (Å²) in [6, 6.07) is 4.60. The monoisotopic (exact) mass is 246 g/mol. The first-order valence-electron chi connectivity index (χ1n) is 5.83. The smallest absolute Gasteiger partial charge is 0.166 e. The summed E-state index contributed by atoms with van der Waals surface area (Å²) < 4.78 is 15.2. The van der Waals surface area contributed by atoms with Crippen molar-refractivity contribution < 1.29 is 9.18 Å². The predicted molar refractivity (Wildman–Crippen MR) is 67.0 cm³/mol. The minimum absolute atomic E-state index is 0.167. The van der Waals surface area contributed by atoms with Crippen LogP contribution in [0.5, 0.6) is 0 Å².